The Hall–Kier alpha value is -3.02. The highest BCUT2D eigenvalue weighted by Gasteiger charge is 2.03. The molecule has 0 radical (unpaired) electrons. The van der Waals surface area contributed by atoms with E-state index in [1.807, 2.05) is 38.2 Å². The molecule has 128 valence electrons. The van der Waals surface area contributed by atoms with Crippen LogP contribution in [0.1, 0.15) is 6.92 Å². The number of aliphatic hydroxyl groups excluding tert-OH is 1. The van der Waals surface area contributed by atoms with Crippen molar-refractivity contribution in [3.8, 4) is 11.5 Å². The van der Waals surface area contributed by atoms with Crippen molar-refractivity contribution >= 4 is 31.5 Å². The summed E-state index contributed by atoms with van der Waals surface area (Å²) in [5.74, 6) is 0.960. The summed E-state index contributed by atoms with van der Waals surface area (Å²) in [6, 6.07) is 14.8. The van der Waals surface area contributed by atoms with E-state index < -0.39 is 5.97 Å². The van der Waals surface area contributed by atoms with Crippen LogP contribution in [0.15, 0.2) is 53.5 Å². The molecular formula is C19H20BNO4. The molecule has 0 fully saturated rings. The first-order valence-corrected chi connectivity index (χ1v) is 7.93. The van der Waals surface area contributed by atoms with Crippen molar-refractivity contribution in [2.45, 2.75) is 13.2 Å². The number of carbonyl (C=O) groups excluding carboxylic acids is 1. The molecule has 6 heteroatoms. The fourth-order valence-electron chi connectivity index (χ4n) is 2.30. The molecule has 25 heavy (non-hydrogen) atoms. The highest BCUT2D eigenvalue weighted by atomic mass is 16.5. The number of rotatable bonds is 5. The molecule has 2 aromatic rings. The van der Waals surface area contributed by atoms with Crippen LogP contribution in [0.3, 0.4) is 0 Å². The Kier molecular flexibility index (Phi) is 6.40. The molecule has 1 N–H and O–H groups in total. The van der Waals surface area contributed by atoms with Crippen molar-refractivity contribution in [1.82, 2.24) is 0 Å². The number of aliphatic hydroxyl groups is 1. The number of para-hydroxylation sites is 1. The van der Waals surface area contributed by atoms with Gasteiger partial charge in [0.1, 0.15) is 25.6 Å². The van der Waals surface area contributed by atoms with Crippen LogP contribution in [-0.2, 0) is 9.53 Å². The van der Waals surface area contributed by atoms with Crippen molar-refractivity contribution in [2.75, 3.05) is 7.11 Å². The second-order valence-corrected chi connectivity index (χ2v) is 5.29. The molecule has 0 aliphatic rings. The zero-order valence-electron chi connectivity index (χ0n) is 14.5. The summed E-state index contributed by atoms with van der Waals surface area (Å²) < 4.78 is 10.4. The molecule has 2 rings (SSSR count). The number of nitrogens with zero attached hydrogens (tertiary/aromatic N) is 1. The second-order valence-electron chi connectivity index (χ2n) is 5.29. The third-order valence-electron chi connectivity index (χ3n) is 3.53. The van der Waals surface area contributed by atoms with Gasteiger partial charge in [0.2, 0.25) is 0 Å². The number of ether oxygens (including phenoxy) is 2. The van der Waals surface area contributed by atoms with E-state index in [1.165, 1.54) is 7.11 Å². The maximum atomic E-state index is 11.3. The van der Waals surface area contributed by atoms with Gasteiger partial charge in [-0.15, -0.1) is 0 Å². The maximum absolute atomic E-state index is 11.3. The smallest absolute Gasteiger partial charge is 0.349 e. The van der Waals surface area contributed by atoms with Gasteiger partial charge in [0.15, 0.2) is 0 Å². The number of esters is 1. The topological polar surface area (TPSA) is 68.1 Å². The predicted octanol–water partition coefficient (Wildman–Crippen LogP) is 1.57. The Balaban J connectivity index is 2.58. The number of hydrogen-bond donors (Lipinski definition) is 1. The van der Waals surface area contributed by atoms with Crippen molar-refractivity contribution in [2.24, 2.45) is 4.99 Å². The minimum Gasteiger partial charge on any atom is -0.512 e. The van der Waals surface area contributed by atoms with E-state index >= 15 is 0 Å². The standard InChI is InChI=1S/C19H20BNO4/c1-13(22)16-9-8-15(25-14-6-4-3-5-7-14)10-17(16)18(11-20)21-12-19(23)24-2/h3-10,12,22H,11,20H2,1-2H3/b16-13+,18-17-,21-12+. The molecule has 0 heterocycles. The van der Waals surface area contributed by atoms with Crippen LogP contribution >= 0.6 is 0 Å². The third-order valence-corrected chi connectivity index (χ3v) is 3.53. The van der Waals surface area contributed by atoms with Gasteiger partial charge in [-0.25, -0.2) is 4.79 Å². The highest BCUT2D eigenvalue weighted by Crippen LogP contribution is 2.18. The van der Waals surface area contributed by atoms with Gasteiger partial charge in [-0.2, -0.15) is 0 Å². The fraction of sp³-hybridized carbons (Fsp3) is 0.158. The summed E-state index contributed by atoms with van der Waals surface area (Å²) >= 11 is 0. The summed E-state index contributed by atoms with van der Waals surface area (Å²) in [5.41, 5.74) is 0.646. The molecule has 0 atom stereocenters. The van der Waals surface area contributed by atoms with Crippen molar-refractivity contribution in [3.63, 3.8) is 0 Å². The summed E-state index contributed by atoms with van der Waals surface area (Å²) in [7, 11) is 3.22. The van der Waals surface area contributed by atoms with Crippen LogP contribution < -0.4 is 15.2 Å². The van der Waals surface area contributed by atoms with E-state index in [1.54, 1.807) is 25.1 Å². The van der Waals surface area contributed by atoms with E-state index in [0.717, 1.165) is 6.21 Å². The van der Waals surface area contributed by atoms with Gasteiger partial charge in [0.05, 0.1) is 12.9 Å². The first kappa shape index (κ1) is 18.3. The van der Waals surface area contributed by atoms with Gasteiger partial charge >= 0.3 is 5.97 Å². The zero-order valence-corrected chi connectivity index (χ0v) is 14.5. The average Bonchev–Trinajstić information content (AvgIpc) is 2.62. The Morgan fingerprint density at radius 2 is 1.88 bits per heavy atom. The van der Waals surface area contributed by atoms with Crippen LogP contribution in [0.2, 0.25) is 6.32 Å². The van der Waals surface area contributed by atoms with Gasteiger partial charge in [0.25, 0.3) is 0 Å². The largest absolute Gasteiger partial charge is 0.512 e. The molecule has 0 saturated carbocycles. The molecule has 0 aliphatic carbocycles. The van der Waals surface area contributed by atoms with Crippen LogP contribution in [0, 0.1) is 0 Å². The lowest BCUT2D eigenvalue weighted by Gasteiger charge is -2.07. The summed E-state index contributed by atoms with van der Waals surface area (Å²) in [4.78, 5) is 15.5. The fourth-order valence-corrected chi connectivity index (χ4v) is 2.30. The van der Waals surface area contributed by atoms with E-state index in [9.17, 15) is 9.90 Å². The van der Waals surface area contributed by atoms with E-state index in [2.05, 4.69) is 9.73 Å². The molecular weight excluding hydrogens is 317 g/mol. The third kappa shape index (κ3) is 4.98. The Labute approximate surface area is 147 Å². The molecule has 0 amide bonds. The molecule has 0 unspecified atom stereocenters. The highest BCUT2D eigenvalue weighted by molar-refractivity contribution is 6.24. The Morgan fingerprint density at radius 1 is 1.16 bits per heavy atom. The molecule has 0 aromatic heterocycles. The van der Waals surface area contributed by atoms with Gasteiger partial charge in [-0.3, -0.25) is 4.99 Å². The maximum Gasteiger partial charge on any atom is 0.349 e. The van der Waals surface area contributed by atoms with Crippen molar-refractivity contribution in [1.29, 1.82) is 0 Å². The molecule has 0 aliphatic heterocycles. The minimum atomic E-state index is -0.533. The quantitative estimate of drug-likeness (QED) is 0.511. The number of hydrogen-bond acceptors (Lipinski definition) is 5. The SMILES string of the molecule is BCC(/N=C/C(=O)OC)=c1\cc(Oc2ccccc2)cc\c1=C(\C)O. The Bertz CT molecular complexity index is 887. The first-order chi connectivity index (χ1) is 12.0. The molecule has 0 saturated heterocycles. The molecule has 5 nitrogen and oxygen atoms in total. The van der Waals surface area contributed by atoms with Crippen molar-refractivity contribution < 1.29 is 19.4 Å². The second kappa shape index (κ2) is 8.73. The lowest BCUT2D eigenvalue weighted by molar-refractivity contribution is -0.132. The van der Waals surface area contributed by atoms with Crippen molar-refractivity contribution in [3.05, 3.63) is 59.0 Å². The lowest BCUT2D eigenvalue weighted by Crippen LogP contribution is -2.28. The van der Waals surface area contributed by atoms with Crippen LogP contribution in [0.5, 0.6) is 11.5 Å². The normalized spacial score (nSPS) is 13.4. The zero-order chi connectivity index (χ0) is 18.2. The monoisotopic (exact) mass is 337 g/mol. The number of aliphatic imine (C=N–C) groups is 1. The van der Waals surface area contributed by atoms with Gasteiger partial charge < -0.3 is 14.6 Å². The van der Waals surface area contributed by atoms with E-state index in [4.69, 9.17) is 4.74 Å². The van der Waals surface area contributed by atoms with Gasteiger partial charge in [-0.1, -0.05) is 18.2 Å². The number of carbonyl (C=O) groups is 1. The molecule has 2 aromatic carbocycles. The summed E-state index contributed by atoms with van der Waals surface area (Å²) in [6.07, 6.45) is 1.70. The van der Waals surface area contributed by atoms with E-state index in [-0.39, 0.29) is 5.76 Å². The van der Waals surface area contributed by atoms with E-state index in [0.29, 0.717) is 34.0 Å². The van der Waals surface area contributed by atoms with Gasteiger partial charge in [0, 0.05) is 16.1 Å². The minimum absolute atomic E-state index is 0.167. The lowest BCUT2D eigenvalue weighted by atomic mass is 9.99. The predicted molar refractivity (Wildman–Crippen MR) is 101 cm³/mol. The average molecular weight is 337 g/mol. The number of methoxy groups -OCH3 is 1. The summed E-state index contributed by atoms with van der Waals surface area (Å²) in [6.45, 7) is 1.61. The van der Waals surface area contributed by atoms with Crippen LogP contribution in [0.25, 0.3) is 11.5 Å². The van der Waals surface area contributed by atoms with Crippen LogP contribution in [-0.4, -0.2) is 32.2 Å². The first-order valence-electron chi connectivity index (χ1n) is 7.93. The van der Waals surface area contributed by atoms with Gasteiger partial charge in [-0.05, 0) is 43.6 Å². The Morgan fingerprint density at radius 3 is 2.48 bits per heavy atom. The number of benzene rings is 2. The molecule has 0 spiro atoms. The van der Waals surface area contributed by atoms with Crippen LogP contribution in [0.4, 0.5) is 0 Å². The summed E-state index contributed by atoms with van der Waals surface area (Å²) in [5, 5.41) is 11.3. The molecule has 0 bridgehead atoms.